The largest absolute Gasteiger partial charge is 0.462 e. The van der Waals surface area contributed by atoms with Gasteiger partial charge in [-0.1, -0.05) is 48.1 Å². The van der Waals surface area contributed by atoms with Crippen molar-refractivity contribution in [2.75, 3.05) is 6.61 Å². The molecule has 0 radical (unpaired) electrons. The van der Waals surface area contributed by atoms with Gasteiger partial charge < -0.3 is 9.84 Å². The Kier molecular flexibility index (Phi) is 5.96. The third-order valence-corrected chi connectivity index (χ3v) is 13.8. The summed E-state index contributed by atoms with van der Waals surface area (Å²) < 4.78 is 5.90. The number of rotatable bonds is 3. The highest BCUT2D eigenvalue weighted by atomic mass is 16.5. The van der Waals surface area contributed by atoms with E-state index in [0.717, 1.165) is 23.8 Å². The smallest absolute Gasteiger partial charge is 0.302 e. The molecular weight excluding hydrogens is 432 g/mol. The van der Waals surface area contributed by atoms with Crippen molar-refractivity contribution in [2.45, 2.75) is 119 Å². The van der Waals surface area contributed by atoms with Crippen LogP contribution >= 0.6 is 0 Å². The lowest BCUT2D eigenvalue weighted by Gasteiger charge is -2.73. The van der Waals surface area contributed by atoms with E-state index < -0.39 is 0 Å². The van der Waals surface area contributed by atoms with Crippen LogP contribution in [0.3, 0.4) is 0 Å². The molecule has 3 nitrogen and oxygen atoms in total. The summed E-state index contributed by atoms with van der Waals surface area (Å²) in [7, 11) is 0. The van der Waals surface area contributed by atoms with Crippen molar-refractivity contribution in [3.8, 4) is 0 Å². The van der Waals surface area contributed by atoms with Gasteiger partial charge in [0.2, 0.25) is 0 Å². The van der Waals surface area contributed by atoms with Gasteiger partial charge in [0.15, 0.2) is 0 Å². The molecule has 0 amide bonds. The Morgan fingerprint density at radius 3 is 2.23 bits per heavy atom. The van der Waals surface area contributed by atoms with Crippen LogP contribution < -0.4 is 0 Å². The molecule has 198 valence electrons. The zero-order valence-electron chi connectivity index (χ0n) is 23.7. The molecule has 0 aromatic heterocycles. The maximum Gasteiger partial charge on any atom is 0.302 e. The first-order chi connectivity index (χ1) is 16.2. The molecule has 0 bridgehead atoms. The standard InChI is InChI=1S/C32H52O3/c1-20(19-33)22-11-14-29(5)17-18-31(7)23(27(22)29)9-10-25-30(6)15-13-26(35-21(2)34)28(3,4)24(30)12-16-32(25,31)8/h22-27,33H,1,9-19H2,2-8H3. The van der Waals surface area contributed by atoms with E-state index in [-0.39, 0.29) is 24.1 Å². The number of aliphatic hydroxyl groups is 1. The number of ether oxygens (including phenoxy) is 1. The van der Waals surface area contributed by atoms with Crippen molar-refractivity contribution >= 4 is 5.97 Å². The summed E-state index contributed by atoms with van der Waals surface area (Å²) in [4.78, 5) is 11.9. The zero-order valence-corrected chi connectivity index (χ0v) is 23.7. The van der Waals surface area contributed by atoms with Gasteiger partial charge in [0.25, 0.3) is 0 Å². The Morgan fingerprint density at radius 1 is 0.857 bits per heavy atom. The Labute approximate surface area is 214 Å². The Morgan fingerprint density at radius 2 is 1.57 bits per heavy atom. The van der Waals surface area contributed by atoms with Crippen LogP contribution in [0, 0.1) is 56.7 Å². The van der Waals surface area contributed by atoms with Crippen LogP contribution in [0.4, 0.5) is 0 Å². The molecule has 0 saturated heterocycles. The van der Waals surface area contributed by atoms with Gasteiger partial charge in [-0.05, 0) is 121 Å². The highest BCUT2D eigenvalue weighted by Crippen LogP contribution is 2.77. The van der Waals surface area contributed by atoms with Gasteiger partial charge in [0, 0.05) is 12.3 Å². The zero-order chi connectivity index (χ0) is 25.6. The number of carbonyl (C=O) groups is 1. The predicted molar refractivity (Wildman–Crippen MR) is 142 cm³/mol. The molecule has 0 heterocycles. The summed E-state index contributed by atoms with van der Waals surface area (Å²) >= 11 is 0. The Bertz CT molecular complexity index is 891. The van der Waals surface area contributed by atoms with Gasteiger partial charge in [-0.2, -0.15) is 0 Å². The van der Waals surface area contributed by atoms with Gasteiger partial charge in [-0.3, -0.25) is 4.79 Å². The van der Waals surface area contributed by atoms with Crippen molar-refractivity contribution in [2.24, 2.45) is 56.7 Å². The summed E-state index contributed by atoms with van der Waals surface area (Å²) in [6, 6.07) is 0. The Hall–Kier alpha value is -0.830. The molecule has 10 unspecified atom stereocenters. The summed E-state index contributed by atoms with van der Waals surface area (Å²) in [5.74, 6) is 3.14. The Balaban J connectivity index is 1.49. The van der Waals surface area contributed by atoms with Crippen LogP contribution in [0.5, 0.6) is 0 Å². The monoisotopic (exact) mass is 484 g/mol. The summed E-state index contributed by atoms with van der Waals surface area (Å²) in [6.45, 7) is 21.4. The van der Waals surface area contributed by atoms with Crippen molar-refractivity contribution in [1.29, 1.82) is 0 Å². The van der Waals surface area contributed by atoms with Gasteiger partial charge in [-0.25, -0.2) is 0 Å². The van der Waals surface area contributed by atoms with Crippen LogP contribution in [-0.4, -0.2) is 23.8 Å². The topological polar surface area (TPSA) is 46.5 Å². The minimum atomic E-state index is -0.124. The van der Waals surface area contributed by atoms with E-state index in [0.29, 0.717) is 39.4 Å². The van der Waals surface area contributed by atoms with Crippen molar-refractivity contribution in [1.82, 2.24) is 0 Å². The molecule has 3 heteroatoms. The lowest BCUT2D eigenvalue weighted by atomic mass is 9.32. The summed E-state index contributed by atoms with van der Waals surface area (Å²) in [6.07, 6.45) is 12.7. The van der Waals surface area contributed by atoms with Crippen LogP contribution in [0.25, 0.3) is 0 Å². The van der Waals surface area contributed by atoms with E-state index in [4.69, 9.17) is 4.74 Å². The lowest BCUT2D eigenvalue weighted by molar-refractivity contribution is -0.249. The first-order valence-corrected chi connectivity index (χ1v) is 14.7. The maximum absolute atomic E-state index is 11.9. The molecule has 0 aromatic rings. The molecule has 35 heavy (non-hydrogen) atoms. The molecule has 5 aliphatic rings. The second-order valence-corrected chi connectivity index (χ2v) is 15.3. The van der Waals surface area contributed by atoms with E-state index >= 15 is 0 Å². The van der Waals surface area contributed by atoms with Crippen molar-refractivity contribution < 1.29 is 14.6 Å². The van der Waals surface area contributed by atoms with Crippen molar-refractivity contribution in [3.63, 3.8) is 0 Å². The molecule has 10 atom stereocenters. The van der Waals surface area contributed by atoms with E-state index in [1.807, 2.05) is 0 Å². The fraction of sp³-hybridized carbons (Fsp3) is 0.906. The number of hydrogen-bond donors (Lipinski definition) is 1. The van der Waals surface area contributed by atoms with Crippen LogP contribution in [0.2, 0.25) is 0 Å². The first-order valence-electron chi connectivity index (χ1n) is 14.7. The second kappa shape index (κ2) is 8.08. The fourth-order valence-corrected chi connectivity index (χ4v) is 11.9. The average molecular weight is 485 g/mol. The molecule has 5 aliphatic carbocycles. The third-order valence-electron chi connectivity index (χ3n) is 13.8. The van der Waals surface area contributed by atoms with Gasteiger partial charge in [-0.15, -0.1) is 0 Å². The molecule has 0 aromatic carbocycles. The molecule has 0 aliphatic heterocycles. The highest BCUT2D eigenvalue weighted by molar-refractivity contribution is 5.66. The van der Waals surface area contributed by atoms with E-state index in [1.54, 1.807) is 6.92 Å². The number of hydrogen-bond acceptors (Lipinski definition) is 3. The number of fused-ring (bicyclic) bond motifs is 7. The SMILES string of the molecule is C=C(CO)C1CCC2(C)CCC3(C)C(CCC4C5(C)CCC(OC(C)=O)C(C)(C)C5CCC43C)C12. The molecule has 5 saturated carbocycles. The minimum Gasteiger partial charge on any atom is -0.462 e. The van der Waals surface area contributed by atoms with Crippen LogP contribution in [0.15, 0.2) is 12.2 Å². The molecule has 1 N–H and O–H groups in total. The lowest BCUT2D eigenvalue weighted by Crippen LogP contribution is -2.66. The maximum atomic E-state index is 11.9. The molecule has 5 fully saturated rings. The third kappa shape index (κ3) is 3.34. The van der Waals surface area contributed by atoms with Gasteiger partial charge in [0.05, 0.1) is 6.61 Å². The van der Waals surface area contributed by atoms with E-state index in [9.17, 15) is 9.90 Å². The number of aliphatic hydroxyl groups excluding tert-OH is 1. The highest BCUT2D eigenvalue weighted by Gasteiger charge is 2.70. The summed E-state index contributed by atoms with van der Waals surface area (Å²) in [5.41, 5.74) is 2.55. The van der Waals surface area contributed by atoms with Crippen LogP contribution in [0.1, 0.15) is 113 Å². The van der Waals surface area contributed by atoms with E-state index in [1.165, 1.54) is 57.8 Å². The molecule has 0 spiro atoms. The molecule has 5 rings (SSSR count). The normalized spacial score (nSPS) is 52.5. The quantitative estimate of drug-likeness (QED) is 0.332. The van der Waals surface area contributed by atoms with Gasteiger partial charge in [0.1, 0.15) is 6.10 Å². The molecular formula is C32H52O3. The van der Waals surface area contributed by atoms with Crippen LogP contribution in [-0.2, 0) is 9.53 Å². The predicted octanol–water partition coefficient (Wildman–Crippen LogP) is 7.57. The average Bonchev–Trinajstić information content (AvgIpc) is 3.13. The number of esters is 1. The van der Waals surface area contributed by atoms with E-state index in [2.05, 4.69) is 48.1 Å². The number of carbonyl (C=O) groups excluding carboxylic acids is 1. The second-order valence-electron chi connectivity index (χ2n) is 15.3. The van der Waals surface area contributed by atoms with Gasteiger partial charge >= 0.3 is 5.97 Å². The van der Waals surface area contributed by atoms with Crippen molar-refractivity contribution in [3.05, 3.63) is 12.2 Å². The fourth-order valence-electron chi connectivity index (χ4n) is 11.9. The summed E-state index contributed by atoms with van der Waals surface area (Å²) in [5, 5.41) is 10.0. The first kappa shape index (κ1) is 25.8. The minimum absolute atomic E-state index is 0.0261.